The van der Waals surface area contributed by atoms with Crippen molar-refractivity contribution in [3.63, 3.8) is 0 Å². The van der Waals surface area contributed by atoms with Gasteiger partial charge in [0, 0.05) is 23.7 Å². The van der Waals surface area contributed by atoms with Crippen LogP contribution in [0.25, 0.3) is 10.8 Å². The van der Waals surface area contributed by atoms with Crippen molar-refractivity contribution in [1.82, 2.24) is 9.78 Å². The predicted octanol–water partition coefficient (Wildman–Crippen LogP) is 1.69. The minimum Gasteiger partial charge on any atom is -0.476 e. The summed E-state index contributed by atoms with van der Waals surface area (Å²) >= 11 is 0. The highest BCUT2D eigenvalue weighted by atomic mass is 16.4. The fraction of sp³-hybridized carbons (Fsp3) is 0.105. The normalized spacial score (nSPS) is 10.5. The van der Waals surface area contributed by atoms with Crippen LogP contribution in [0.15, 0.2) is 53.3 Å². The van der Waals surface area contributed by atoms with Gasteiger partial charge in [-0.25, -0.2) is 9.48 Å². The Morgan fingerprint density at radius 1 is 0.964 bits per heavy atom. The molecule has 0 aliphatic carbocycles. The summed E-state index contributed by atoms with van der Waals surface area (Å²) in [6.07, 6.45) is 0. The molecule has 9 heteroatoms. The number of anilines is 2. The highest BCUT2D eigenvalue weighted by Crippen LogP contribution is 2.15. The molecule has 3 aromatic rings. The highest BCUT2D eigenvalue weighted by Gasteiger charge is 2.17. The van der Waals surface area contributed by atoms with Gasteiger partial charge in [0.1, 0.15) is 6.54 Å². The molecule has 0 bridgehead atoms. The average molecular weight is 380 g/mol. The Balaban J connectivity index is 1.83. The number of aromatic carboxylic acids is 1. The second kappa shape index (κ2) is 7.70. The second-order valence-electron chi connectivity index (χ2n) is 5.97. The third-order valence-electron chi connectivity index (χ3n) is 3.85. The first-order valence-corrected chi connectivity index (χ1v) is 8.26. The Kier molecular flexibility index (Phi) is 5.16. The number of amides is 2. The first-order valence-electron chi connectivity index (χ1n) is 8.26. The first kappa shape index (κ1) is 18.8. The number of carboxylic acid groups (broad SMARTS) is 1. The number of nitrogens with zero attached hydrogens (tertiary/aromatic N) is 2. The minimum absolute atomic E-state index is 0.169. The third-order valence-corrected chi connectivity index (χ3v) is 3.85. The Labute approximate surface area is 158 Å². The first-order chi connectivity index (χ1) is 13.3. The summed E-state index contributed by atoms with van der Waals surface area (Å²) in [5.41, 5.74) is 0.162. The summed E-state index contributed by atoms with van der Waals surface area (Å²) < 4.78 is 0.826. The predicted molar refractivity (Wildman–Crippen MR) is 102 cm³/mol. The summed E-state index contributed by atoms with van der Waals surface area (Å²) in [7, 11) is 0. The molecule has 1 heterocycles. The summed E-state index contributed by atoms with van der Waals surface area (Å²) in [4.78, 5) is 47.3. The van der Waals surface area contributed by atoms with Gasteiger partial charge in [-0.3, -0.25) is 14.4 Å². The summed E-state index contributed by atoms with van der Waals surface area (Å²) in [6.45, 7) is 0.937. The molecule has 142 valence electrons. The van der Waals surface area contributed by atoms with Crippen molar-refractivity contribution >= 4 is 39.9 Å². The molecule has 2 amide bonds. The van der Waals surface area contributed by atoms with Crippen molar-refractivity contribution in [1.29, 1.82) is 0 Å². The quantitative estimate of drug-likeness (QED) is 0.617. The van der Waals surface area contributed by atoms with E-state index in [0.29, 0.717) is 11.4 Å². The van der Waals surface area contributed by atoms with Crippen LogP contribution in [0.1, 0.15) is 17.4 Å². The van der Waals surface area contributed by atoms with Crippen LogP contribution < -0.4 is 16.2 Å². The summed E-state index contributed by atoms with van der Waals surface area (Å²) in [6, 6.07) is 12.6. The molecule has 0 radical (unpaired) electrons. The Morgan fingerprint density at radius 2 is 1.54 bits per heavy atom. The lowest BCUT2D eigenvalue weighted by molar-refractivity contribution is -0.117. The average Bonchev–Trinajstić information content (AvgIpc) is 2.65. The topological polar surface area (TPSA) is 130 Å². The molecule has 3 N–H and O–H groups in total. The van der Waals surface area contributed by atoms with E-state index in [-0.39, 0.29) is 22.4 Å². The largest absolute Gasteiger partial charge is 0.476 e. The number of nitrogens with one attached hydrogen (secondary N) is 2. The number of aromatic nitrogens is 2. The van der Waals surface area contributed by atoms with Crippen molar-refractivity contribution in [2.75, 3.05) is 10.6 Å². The summed E-state index contributed by atoms with van der Waals surface area (Å²) in [5, 5.41) is 18.8. The molecule has 1 aromatic heterocycles. The summed E-state index contributed by atoms with van der Waals surface area (Å²) in [5.74, 6) is -2.06. The van der Waals surface area contributed by atoms with E-state index in [1.807, 2.05) is 0 Å². The van der Waals surface area contributed by atoms with E-state index < -0.39 is 24.0 Å². The van der Waals surface area contributed by atoms with E-state index in [1.54, 1.807) is 36.4 Å². The second-order valence-corrected chi connectivity index (χ2v) is 5.97. The fourth-order valence-electron chi connectivity index (χ4n) is 2.68. The molecule has 0 aliphatic rings. The molecule has 0 atom stereocenters. The van der Waals surface area contributed by atoms with Gasteiger partial charge >= 0.3 is 5.97 Å². The van der Waals surface area contributed by atoms with Gasteiger partial charge in [-0.15, -0.1) is 0 Å². The van der Waals surface area contributed by atoms with Gasteiger partial charge in [0.25, 0.3) is 5.56 Å². The van der Waals surface area contributed by atoms with Crippen LogP contribution in [-0.2, 0) is 16.1 Å². The van der Waals surface area contributed by atoms with Crippen molar-refractivity contribution < 1.29 is 19.5 Å². The third kappa shape index (κ3) is 4.04. The van der Waals surface area contributed by atoms with E-state index in [0.717, 1.165) is 4.68 Å². The monoisotopic (exact) mass is 380 g/mol. The van der Waals surface area contributed by atoms with Gasteiger partial charge in [0.15, 0.2) is 5.69 Å². The molecule has 0 saturated carbocycles. The molecule has 0 unspecified atom stereocenters. The van der Waals surface area contributed by atoms with Crippen molar-refractivity contribution in [3.05, 3.63) is 64.6 Å². The Bertz CT molecular complexity index is 1140. The lowest BCUT2D eigenvalue weighted by Crippen LogP contribution is -2.31. The van der Waals surface area contributed by atoms with Crippen LogP contribution >= 0.6 is 0 Å². The van der Waals surface area contributed by atoms with Crippen LogP contribution in [-0.4, -0.2) is 32.7 Å². The van der Waals surface area contributed by atoms with Gasteiger partial charge in [-0.2, -0.15) is 5.10 Å². The molecule has 9 nitrogen and oxygen atoms in total. The highest BCUT2D eigenvalue weighted by molar-refractivity contribution is 6.01. The maximum Gasteiger partial charge on any atom is 0.357 e. The van der Waals surface area contributed by atoms with Gasteiger partial charge in [0.2, 0.25) is 11.8 Å². The van der Waals surface area contributed by atoms with Crippen LogP contribution in [0.5, 0.6) is 0 Å². The molecular formula is C19H16N4O5. The molecule has 28 heavy (non-hydrogen) atoms. The lowest BCUT2D eigenvalue weighted by atomic mass is 10.1. The minimum atomic E-state index is -1.29. The maximum absolute atomic E-state index is 12.5. The van der Waals surface area contributed by atoms with Crippen LogP contribution in [0.4, 0.5) is 11.4 Å². The fourth-order valence-corrected chi connectivity index (χ4v) is 2.68. The zero-order chi connectivity index (χ0) is 20.3. The number of hydrogen-bond donors (Lipinski definition) is 3. The number of rotatable bonds is 5. The van der Waals surface area contributed by atoms with Crippen molar-refractivity contribution in [3.8, 4) is 0 Å². The zero-order valence-corrected chi connectivity index (χ0v) is 14.8. The Hall–Kier alpha value is -4.01. The van der Waals surface area contributed by atoms with Gasteiger partial charge in [0.05, 0.1) is 5.39 Å². The van der Waals surface area contributed by atoms with E-state index in [2.05, 4.69) is 15.7 Å². The van der Waals surface area contributed by atoms with E-state index in [1.165, 1.54) is 19.1 Å². The van der Waals surface area contributed by atoms with Crippen LogP contribution in [0.3, 0.4) is 0 Å². The standard InChI is InChI=1S/C19H16N4O5/c1-11(24)20-12-6-8-13(9-7-12)21-16(25)10-23-18(26)15-5-3-2-4-14(15)17(22-23)19(27)28/h2-9H,10H2,1H3,(H,20,24)(H,21,25)(H,27,28). The molecule has 0 spiro atoms. The van der Waals surface area contributed by atoms with E-state index in [4.69, 9.17) is 0 Å². The van der Waals surface area contributed by atoms with E-state index >= 15 is 0 Å². The number of hydrogen-bond acceptors (Lipinski definition) is 5. The van der Waals surface area contributed by atoms with Gasteiger partial charge in [-0.05, 0) is 30.3 Å². The molecule has 0 aliphatic heterocycles. The number of carbonyl (C=O) groups excluding carboxylic acids is 2. The van der Waals surface area contributed by atoms with Gasteiger partial charge in [-0.1, -0.05) is 18.2 Å². The molecular weight excluding hydrogens is 364 g/mol. The number of carboxylic acids is 1. The molecule has 3 rings (SSSR count). The van der Waals surface area contributed by atoms with Crippen molar-refractivity contribution in [2.24, 2.45) is 0 Å². The van der Waals surface area contributed by atoms with Crippen LogP contribution in [0, 0.1) is 0 Å². The zero-order valence-electron chi connectivity index (χ0n) is 14.8. The maximum atomic E-state index is 12.5. The number of carbonyl (C=O) groups is 3. The molecule has 0 saturated heterocycles. The molecule has 2 aromatic carbocycles. The molecule has 0 fully saturated rings. The smallest absolute Gasteiger partial charge is 0.357 e. The van der Waals surface area contributed by atoms with Gasteiger partial charge < -0.3 is 15.7 Å². The van der Waals surface area contributed by atoms with Crippen molar-refractivity contribution in [2.45, 2.75) is 13.5 Å². The number of benzene rings is 2. The lowest BCUT2D eigenvalue weighted by Gasteiger charge is -2.10. The SMILES string of the molecule is CC(=O)Nc1ccc(NC(=O)Cn2nc(C(=O)O)c3ccccc3c2=O)cc1. The van der Waals surface area contributed by atoms with Crippen LogP contribution in [0.2, 0.25) is 0 Å². The Morgan fingerprint density at radius 3 is 2.11 bits per heavy atom. The van der Waals surface area contributed by atoms with E-state index in [9.17, 15) is 24.3 Å². The number of fused-ring (bicyclic) bond motifs is 1.